The predicted molar refractivity (Wildman–Crippen MR) is 104 cm³/mol. The van der Waals surface area contributed by atoms with Gasteiger partial charge in [0.2, 0.25) is 0 Å². The smallest absolute Gasteiger partial charge is 0.433 e. The first-order chi connectivity index (χ1) is 12.3. The van der Waals surface area contributed by atoms with Gasteiger partial charge in [0, 0.05) is 18.8 Å². The van der Waals surface area contributed by atoms with Crippen LogP contribution in [0.25, 0.3) is 0 Å². The van der Waals surface area contributed by atoms with E-state index in [2.05, 4.69) is 4.98 Å². The molecule has 0 spiro atoms. The van der Waals surface area contributed by atoms with E-state index in [0.29, 0.717) is 5.56 Å². The van der Waals surface area contributed by atoms with Crippen molar-refractivity contribution in [2.45, 2.75) is 59.4 Å². The molecule has 1 aromatic rings. The molecule has 0 aliphatic heterocycles. The second-order valence-electron chi connectivity index (χ2n) is 7.69. The van der Waals surface area contributed by atoms with Crippen LogP contribution < -0.4 is 4.90 Å². The molecule has 1 amide bonds. The first-order valence-corrected chi connectivity index (χ1v) is 10.3. The number of amides is 1. The summed E-state index contributed by atoms with van der Waals surface area (Å²) in [6.07, 6.45) is 0.838. The largest absolute Gasteiger partial charge is 0.476 e. The highest BCUT2D eigenvalue weighted by molar-refractivity contribution is 7.48. The number of hydrogen-bond acceptors (Lipinski definition) is 7. The van der Waals surface area contributed by atoms with Crippen LogP contribution in [0.1, 0.15) is 47.1 Å². The van der Waals surface area contributed by atoms with E-state index in [-0.39, 0.29) is 18.5 Å². The van der Waals surface area contributed by atoms with Crippen molar-refractivity contribution >= 4 is 31.3 Å². The molecule has 1 rings (SSSR count). The number of hydrogen-bond donors (Lipinski definition) is 0. The van der Waals surface area contributed by atoms with Crippen molar-refractivity contribution < 1.29 is 27.7 Å². The molecule has 0 saturated carbocycles. The Balaban J connectivity index is 3.05. The van der Waals surface area contributed by atoms with E-state index in [4.69, 9.17) is 29.9 Å². The van der Waals surface area contributed by atoms with Crippen LogP contribution in [0.2, 0.25) is 0 Å². The zero-order valence-electron chi connectivity index (χ0n) is 16.8. The van der Waals surface area contributed by atoms with Crippen LogP contribution in [-0.2, 0) is 29.5 Å². The van der Waals surface area contributed by atoms with E-state index in [1.807, 2.05) is 0 Å². The fraction of sp³-hybridized carbons (Fsp3) is 0.647. The van der Waals surface area contributed by atoms with Crippen molar-refractivity contribution in [3.05, 3.63) is 23.9 Å². The molecule has 1 heterocycles. The van der Waals surface area contributed by atoms with E-state index >= 15 is 0 Å². The Morgan fingerprint density at radius 1 is 1.19 bits per heavy atom. The monoisotopic (exact) mass is 422 g/mol. The number of aromatic nitrogens is 1. The summed E-state index contributed by atoms with van der Waals surface area (Å²) in [7, 11) is -2.41. The Morgan fingerprint density at radius 3 is 2.22 bits per heavy atom. The van der Waals surface area contributed by atoms with Gasteiger partial charge >= 0.3 is 13.9 Å². The van der Waals surface area contributed by atoms with Crippen molar-refractivity contribution in [1.29, 1.82) is 0 Å². The van der Waals surface area contributed by atoms with Crippen LogP contribution in [0, 0.1) is 0 Å². The van der Waals surface area contributed by atoms with Crippen molar-refractivity contribution in [2.24, 2.45) is 0 Å². The first kappa shape index (κ1) is 23.9. The van der Waals surface area contributed by atoms with Gasteiger partial charge in [-0.3, -0.25) is 18.5 Å². The van der Waals surface area contributed by atoms with Crippen LogP contribution in [0.3, 0.4) is 0 Å². The summed E-state index contributed by atoms with van der Waals surface area (Å²) in [5.41, 5.74) is -0.999. The number of nitrogens with zero attached hydrogens (tertiary/aromatic N) is 2. The van der Waals surface area contributed by atoms with Crippen LogP contribution in [0.4, 0.5) is 10.6 Å². The Bertz CT molecular complexity index is 667. The summed E-state index contributed by atoms with van der Waals surface area (Å²) in [5.74, 6) is 0.283. The van der Waals surface area contributed by atoms with Gasteiger partial charge < -0.3 is 4.74 Å². The Hall–Kier alpha value is -1.18. The highest BCUT2D eigenvalue weighted by Gasteiger charge is 2.37. The molecular formula is C17H28ClN2O6P. The number of phosphoric ester groups is 1. The minimum Gasteiger partial charge on any atom is -0.433 e. The maximum atomic E-state index is 13.1. The Kier molecular flexibility index (Phi) is 8.26. The zero-order valence-corrected chi connectivity index (χ0v) is 18.5. The topological polar surface area (TPSA) is 87.2 Å². The highest BCUT2D eigenvalue weighted by atomic mass is 35.5. The third-order valence-corrected chi connectivity index (χ3v) is 4.88. The molecule has 0 aromatic carbocycles. The Morgan fingerprint density at radius 2 is 1.74 bits per heavy atom. The summed E-state index contributed by atoms with van der Waals surface area (Å²) >= 11 is 5.43. The molecule has 0 fully saturated rings. The second kappa shape index (κ2) is 9.34. The summed E-state index contributed by atoms with van der Waals surface area (Å²) in [4.78, 5) is 17.3. The van der Waals surface area contributed by atoms with E-state index in [1.54, 1.807) is 53.7 Å². The minimum atomic E-state index is -3.90. The molecule has 0 N–H and O–H groups in total. The average molecular weight is 423 g/mol. The molecule has 0 aliphatic rings. The van der Waals surface area contributed by atoms with Gasteiger partial charge in [0.05, 0.1) is 17.8 Å². The molecule has 27 heavy (non-hydrogen) atoms. The van der Waals surface area contributed by atoms with Crippen LogP contribution >= 0.6 is 19.4 Å². The van der Waals surface area contributed by atoms with Crippen LogP contribution in [0.5, 0.6) is 0 Å². The number of alkyl halides is 1. The van der Waals surface area contributed by atoms with Gasteiger partial charge in [-0.15, -0.1) is 0 Å². The third-order valence-electron chi connectivity index (χ3n) is 2.79. The molecule has 0 saturated heterocycles. The zero-order chi connectivity index (χ0) is 20.9. The number of halogens is 1. The van der Waals surface area contributed by atoms with Crippen molar-refractivity contribution in [3.63, 3.8) is 0 Å². The molecule has 0 aliphatic carbocycles. The molecule has 0 atom stereocenters. The number of carbonyl (C=O) groups excluding carboxylic acids is 1. The van der Waals surface area contributed by atoms with Crippen molar-refractivity contribution in [2.75, 3.05) is 18.0 Å². The lowest BCUT2D eigenvalue weighted by Crippen LogP contribution is -2.29. The number of carbonyl (C=O) groups is 1. The van der Waals surface area contributed by atoms with Gasteiger partial charge in [0.15, 0.2) is 6.07 Å². The lowest BCUT2D eigenvalue weighted by molar-refractivity contribution is 0.000888. The minimum absolute atomic E-state index is 0.148. The summed E-state index contributed by atoms with van der Waals surface area (Å²) in [6, 6.07) is 3.07. The average Bonchev–Trinajstić information content (AvgIpc) is 2.49. The van der Waals surface area contributed by atoms with E-state index in [9.17, 15) is 9.36 Å². The fourth-order valence-corrected chi connectivity index (χ4v) is 3.84. The molecule has 8 nitrogen and oxygen atoms in total. The number of phosphoric acid groups is 1. The van der Waals surface area contributed by atoms with Gasteiger partial charge in [0.25, 0.3) is 0 Å². The molecule has 10 heteroatoms. The molecule has 0 unspecified atom stereocenters. The van der Waals surface area contributed by atoms with Gasteiger partial charge in [-0.1, -0.05) is 17.7 Å². The first-order valence-electron chi connectivity index (χ1n) is 8.33. The van der Waals surface area contributed by atoms with Crippen LogP contribution in [-0.4, -0.2) is 35.4 Å². The van der Waals surface area contributed by atoms with E-state index in [0.717, 1.165) is 0 Å². The summed E-state index contributed by atoms with van der Waals surface area (Å²) < 4.78 is 34.6. The second-order valence-corrected chi connectivity index (χ2v) is 9.43. The normalized spacial score (nSPS) is 12.7. The molecule has 154 valence electrons. The molecular weight excluding hydrogens is 395 g/mol. The van der Waals surface area contributed by atoms with E-state index in [1.165, 1.54) is 18.1 Å². The molecule has 1 aromatic heterocycles. The standard InChI is InChI=1S/C17H28ClN2O6P/c1-16(2,3)25-27(22,26-17(4,5)6)24-11-13-9-8-10-19-14(13)20(7)15(21)23-12-18/h8-10H,11-12H2,1-7H3. The lowest BCUT2D eigenvalue weighted by Gasteiger charge is -2.31. The summed E-state index contributed by atoms with van der Waals surface area (Å²) in [6.45, 7) is 10.4. The van der Waals surface area contributed by atoms with Gasteiger partial charge in [-0.05, 0) is 47.6 Å². The maximum absolute atomic E-state index is 13.1. The van der Waals surface area contributed by atoms with Crippen molar-refractivity contribution in [3.8, 4) is 0 Å². The highest BCUT2D eigenvalue weighted by Crippen LogP contribution is 2.56. The quantitative estimate of drug-likeness (QED) is 0.446. The molecule has 0 bridgehead atoms. The predicted octanol–water partition coefficient (Wildman–Crippen LogP) is 5.11. The van der Waals surface area contributed by atoms with Crippen molar-refractivity contribution in [1.82, 2.24) is 4.98 Å². The van der Waals surface area contributed by atoms with Gasteiger partial charge in [-0.2, -0.15) is 0 Å². The number of rotatable bonds is 7. The van der Waals surface area contributed by atoms with E-state index < -0.39 is 25.1 Å². The Labute approximate surface area is 165 Å². The maximum Gasteiger partial charge on any atom is 0.476 e. The number of pyridine rings is 1. The summed E-state index contributed by atoms with van der Waals surface area (Å²) in [5, 5.41) is 0. The third kappa shape index (κ3) is 8.58. The van der Waals surface area contributed by atoms with Gasteiger partial charge in [0.1, 0.15) is 5.82 Å². The lowest BCUT2D eigenvalue weighted by atomic mass is 10.2. The number of ether oxygens (including phenoxy) is 1. The fourth-order valence-electron chi connectivity index (χ4n) is 1.97. The SMILES string of the molecule is CN(C(=O)OCCl)c1ncccc1COP(=O)(OC(C)(C)C)OC(C)(C)C. The van der Waals surface area contributed by atoms with Gasteiger partial charge in [-0.25, -0.2) is 14.3 Å². The molecule has 0 radical (unpaired) electrons. The number of anilines is 1. The van der Waals surface area contributed by atoms with Crippen LogP contribution in [0.15, 0.2) is 18.3 Å².